The summed E-state index contributed by atoms with van der Waals surface area (Å²) in [6.45, 7) is 3.36. The van der Waals surface area contributed by atoms with Gasteiger partial charge in [-0.05, 0) is 31.9 Å². The highest BCUT2D eigenvalue weighted by Gasteiger charge is 2.17. The Morgan fingerprint density at radius 2 is 2.41 bits per heavy atom. The molecule has 2 aromatic rings. The number of nitrogens with one attached hydrogen (secondary N) is 1. The molecule has 0 saturated carbocycles. The zero-order chi connectivity index (χ0) is 15.5. The average Bonchev–Trinajstić information content (AvgIpc) is 3.14. The summed E-state index contributed by atoms with van der Waals surface area (Å²) in [4.78, 5) is 12.2. The van der Waals surface area contributed by atoms with E-state index in [0.717, 1.165) is 25.0 Å². The van der Waals surface area contributed by atoms with Crippen LogP contribution in [0.25, 0.3) is 0 Å². The molecule has 1 aromatic heterocycles. The molecule has 116 valence electrons. The summed E-state index contributed by atoms with van der Waals surface area (Å²) in [5.74, 6) is -0.382. The molecule has 22 heavy (non-hydrogen) atoms. The van der Waals surface area contributed by atoms with Crippen LogP contribution in [0.5, 0.6) is 5.75 Å². The Kier molecular flexibility index (Phi) is 4.11. The van der Waals surface area contributed by atoms with Crippen molar-refractivity contribution in [2.75, 3.05) is 11.9 Å². The molecule has 1 aliphatic rings. The van der Waals surface area contributed by atoms with Crippen LogP contribution in [0, 0.1) is 6.92 Å². The van der Waals surface area contributed by atoms with Crippen molar-refractivity contribution in [3.05, 3.63) is 41.7 Å². The number of hydrogen-bond acceptors (Lipinski definition) is 4. The second kappa shape index (κ2) is 6.19. The van der Waals surface area contributed by atoms with E-state index in [0.29, 0.717) is 12.2 Å². The van der Waals surface area contributed by atoms with Crippen LogP contribution in [0.4, 0.5) is 5.69 Å². The minimum atomic E-state index is -0.349. The number of aromatic nitrogens is 2. The lowest BCUT2D eigenvalue weighted by molar-refractivity contribution is 0.0940. The first-order valence-corrected chi connectivity index (χ1v) is 7.37. The highest BCUT2D eigenvalue weighted by atomic mass is 16.5. The average molecular weight is 301 g/mol. The number of ether oxygens (including phenoxy) is 1. The van der Waals surface area contributed by atoms with E-state index in [9.17, 15) is 9.90 Å². The van der Waals surface area contributed by atoms with Gasteiger partial charge in [0.1, 0.15) is 5.75 Å². The molecule has 1 saturated heterocycles. The van der Waals surface area contributed by atoms with Gasteiger partial charge in [0.2, 0.25) is 0 Å². The van der Waals surface area contributed by atoms with Crippen LogP contribution in [0.3, 0.4) is 0 Å². The first kappa shape index (κ1) is 14.6. The van der Waals surface area contributed by atoms with Crippen LogP contribution in [0.1, 0.15) is 28.8 Å². The summed E-state index contributed by atoms with van der Waals surface area (Å²) in [6, 6.07) is 4.93. The van der Waals surface area contributed by atoms with E-state index in [4.69, 9.17) is 4.74 Å². The standard InChI is InChI=1S/C16H19N3O3/c1-11-4-5-15(20)14(7-11)16(21)18-12-8-17-19(9-12)10-13-3-2-6-22-13/h4-5,7-9,13,20H,2-3,6,10H2,1H3,(H,18,21)/t13-/m0/s1. The van der Waals surface area contributed by atoms with Gasteiger partial charge in [-0.3, -0.25) is 9.48 Å². The molecule has 2 N–H and O–H groups in total. The number of aryl methyl sites for hydroxylation is 1. The molecule has 1 aromatic carbocycles. The third kappa shape index (κ3) is 3.28. The van der Waals surface area contributed by atoms with E-state index in [2.05, 4.69) is 10.4 Å². The minimum Gasteiger partial charge on any atom is -0.507 e. The van der Waals surface area contributed by atoms with Crippen LogP contribution in [0.15, 0.2) is 30.6 Å². The van der Waals surface area contributed by atoms with Crippen LogP contribution in [-0.4, -0.2) is 33.5 Å². The Bertz CT molecular complexity index is 675. The number of carbonyl (C=O) groups is 1. The highest BCUT2D eigenvalue weighted by Crippen LogP contribution is 2.20. The second-order valence-corrected chi connectivity index (χ2v) is 5.56. The molecule has 0 bridgehead atoms. The van der Waals surface area contributed by atoms with E-state index < -0.39 is 0 Å². The maximum Gasteiger partial charge on any atom is 0.259 e. The maximum atomic E-state index is 12.2. The van der Waals surface area contributed by atoms with Gasteiger partial charge in [0, 0.05) is 12.8 Å². The SMILES string of the molecule is Cc1ccc(O)c(C(=O)Nc2cnn(C[C@@H]3CCCO3)c2)c1. The third-order valence-electron chi connectivity index (χ3n) is 3.70. The highest BCUT2D eigenvalue weighted by molar-refractivity contribution is 6.06. The Morgan fingerprint density at radius 3 is 3.18 bits per heavy atom. The van der Waals surface area contributed by atoms with E-state index in [1.807, 2.05) is 6.92 Å². The topological polar surface area (TPSA) is 76.4 Å². The molecule has 0 spiro atoms. The predicted octanol–water partition coefficient (Wildman–Crippen LogP) is 2.33. The summed E-state index contributed by atoms with van der Waals surface area (Å²) >= 11 is 0. The smallest absolute Gasteiger partial charge is 0.259 e. The van der Waals surface area contributed by atoms with Gasteiger partial charge in [0.25, 0.3) is 5.91 Å². The summed E-state index contributed by atoms with van der Waals surface area (Å²) in [5.41, 5.74) is 1.77. The number of benzene rings is 1. The fraction of sp³-hybridized carbons (Fsp3) is 0.375. The van der Waals surface area contributed by atoms with Gasteiger partial charge in [0.05, 0.1) is 30.1 Å². The molecule has 0 radical (unpaired) electrons. The number of anilines is 1. The number of phenolic OH excluding ortho intramolecular Hbond substituents is 1. The first-order valence-electron chi connectivity index (χ1n) is 7.37. The van der Waals surface area contributed by atoms with Crippen LogP contribution in [-0.2, 0) is 11.3 Å². The monoisotopic (exact) mass is 301 g/mol. The van der Waals surface area contributed by atoms with E-state index in [1.165, 1.54) is 6.07 Å². The Morgan fingerprint density at radius 1 is 1.55 bits per heavy atom. The second-order valence-electron chi connectivity index (χ2n) is 5.56. The number of carbonyl (C=O) groups excluding carboxylic acids is 1. The van der Waals surface area contributed by atoms with Crippen molar-refractivity contribution in [3.63, 3.8) is 0 Å². The molecule has 1 amide bonds. The normalized spacial score (nSPS) is 17.6. The van der Waals surface area contributed by atoms with Gasteiger partial charge in [-0.15, -0.1) is 0 Å². The summed E-state index contributed by atoms with van der Waals surface area (Å²) in [6.07, 6.45) is 5.69. The van der Waals surface area contributed by atoms with E-state index in [1.54, 1.807) is 29.2 Å². The lowest BCUT2D eigenvalue weighted by Gasteiger charge is -2.08. The quantitative estimate of drug-likeness (QED) is 0.908. The molecule has 6 heteroatoms. The summed E-state index contributed by atoms with van der Waals surface area (Å²) in [7, 11) is 0. The molecule has 1 aliphatic heterocycles. The van der Waals surface area contributed by atoms with Crippen LogP contribution >= 0.6 is 0 Å². The van der Waals surface area contributed by atoms with Crippen LogP contribution in [0.2, 0.25) is 0 Å². The van der Waals surface area contributed by atoms with E-state index in [-0.39, 0.29) is 23.3 Å². The third-order valence-corrected chi connectivity index (χ3v) is 3.70. The van der Waals surface area contributed by atoms with E-state index >= 15 is 0 Å². The van der Waals surface area contributed by atoms with Gasteiger partial charge in [0.15, 0.2) is 0 Å². The van der Waals surface area contributed by atoms with Crippen molar-refractivity contribution in [1.29, 1.82) is 0 Å². The number of amides is 1. The molecule has 1 atom stereocenters. The van der Waals surface area contributed by atoms with Crippen molar-refractivity contribution in [1.82, 2.24) is 9.78 Å². The van der Waals surface area contributed by atoms with Crippen molar-refractivity contribution in [3.8, 4) is 5.75 Å². The predicted molar refractivity (Wildman–Crippen MR) is 82.0 cm³/mol. The molecule has 0 unspecified atom stereocenters. The Balaban J connectivity index is 1.66. The molecule has 3 rings (SSSR count). The van der Waals surface area contributed by atoms with Crippen molar-refractivity contribution < 1.29 is 14.6 Å². The largest absolute Gasteiger partial charge is 0.507 e. The lowest BCUT2D eigenvalue weighted by Crippen LogP contribution is -2.15. The summed E-state index contributed by atoms with van der Waals surface area (Å²) in [5, 5.41) is 16.8. The number of aromatic hydroxyl groups is 1. The molecule has 2 heterocycles. The van der Waals surface area contributed by atoms with Crippen molar-refractivity contribution in [2.45, 2.75) is 32.4 Å². The fourth-order valence-corrected chi connectivity index (χ4v) is 2.56. The van der Waals surface area contributed by atoms with Crippen molar-refractivity contribution in [2.24, 2.45) is 0 Å². The molecule has 6 nitrogen and oxygen atoms in total. The zero-order valence-electron chi connectivity index (χ0n) is 12.5. The van der Waals surface area contributed by atoms with Gasteiger partial charge in [-0.2, -0.15) is 5.10 Å². The number of nitrogens with zero attached hydrogens (tertiary/aromatic N) is 2. The summed E-state index contributed by atoms with van der Waals surface area (Å²) < 4.78 is 7.33. The number of hydrogen-bond donors (Lipinski definition) is 2. The first-order chi connectivity index (χ1) is 10.6. The Labute approximate surface area is 128 Å². The molecular formula is C16H19N3O3. The molecular weight excluding hydrogens is 282 g/mol. The van der Waals surface area contributed by atoms with Crippen molar-refractivity contribution >= 4 is 11.6 Å². The molecule has 0 aliphatic carbocycles. The maximum absolute atomic E-state index is 12.2. The van der Waals surface area contributed by atoms with Gasteiger partial charge >= 0.3 is 0 Å². The van der Waals surface area contributed by atoms with Gasteiger partial charge in [-0.25, -0.2) is 0 Å². The lowest BCUT2D eigenvalue weighted by atomic mass is 10.1. The van der Waals surface area contributed by atoms with Crippen LogP contribution < -0.4 is 5.32 Å². The van der Waals surface area contributed by atoms with Gasteiger partial charge in [-0.1, -0.05) is 11.6 Å². The minimum absolute atomic E-state index is 0.0325. The Hall–Kier alpha value is -2.34. The number of rotatable bonds is 4. The number of phenols is 1. The molecule has 1 fully saturated rings. The fourth-order valence-electron chi connectivity index (χ4n) is 2.56. The van der Waals surface area contributed by atoms with Gasteiger partial charge < -0.3 is 15.2 Å². The zero-order valence-corrected chi connectivity index (χ0v) is 12.5.